The Hall–Kier alpha value is -0.990. The lowest BCUT2D eigenvalue weighted by atomic mass is 10.0. The number of rotatable bonds is 4. The smallest absolute Gasteiger partial charge is 0.122 e. The number of nitrogens with one attached hydrogen (secondary N) is 1. The Labute approximate surface area is 131 Å². The predicted octanol–water partition coefficient (Wildman–Crippen LogP) is -1.11. The van der Waals surface area contributed by atoms with E-state index in [1.165, 1.54) is 0 Å². The predicted molar refractivity (Wildman–Crippen MR) is 83.6 cm³/mol. The van der Waals surface area contributed by atoms with Gasteiger partial charge in [0.2, 0.25) is 0 Å². The molecule has 124 valence electrons. The normalized spacial score (nSPS) is 28.6. The van der Waals surface area contributed by atoms with E-state index in [1.807, 2.05) is 19.4 Å². The zero-order valence-corrected chi connectivity index (χ0v) is 13.4. The van der Waals surface area contributed by atoms with Crippen molar-refractivity contribution in [3.8, 4) is 0 Å². The second-order valence-electron chi connectivity index (χ2n) is 6.46. The van der Waals surface area contributed by atoms with Crippen LogP contribution in [0.2, 0.25) is 0 Å². The maximum Gasteiger partial charge on any atom is 0.122 e. The van der Waals surface area contributed by atoms with Crippen molar-refractivity contribution >= 4 is 0 Å². The number of piperazine rings is 1. The van der Waals surface area contributed by atoms with Gasteiger partial charge in [-0.1, -0.05) is 0 Å². The summed E-state index contributed by atoms with van der Waals surface area (Å²) >= 11 is 0. The lowest BCUT2D eigenvalue weighted by Crippen LogP contribution is -2.55. The van der Waals surface area contributed by atoms with Crippen molar-refractivity contribution in [1.82, 2.24) is 24.7 Å². The molecule has 0 amide bonds. The summed E-state index contributed by atoms with van der Waals surface area (Å²) < 4.78 is 7.57. The van der Waals surface area contributed by atoms with Crippen LogP contribution in [0.4, 0.5) is 0 Å². The molecule has 0 bridgehead atoms. The number of aromatic nitrogens is 2. The third kappa shape index (κ3) is 4.05. The molecule has 0 unspecified atom stereocenters. The zero-order chi connectivity index (χ0) is 15.4. The average Bonchev–Trinajstić information content (AvgIpc) is 2.78. The Balaban J connectivity index is 1.46. The van der Waals surface area contributed by atoms with Gasteiger partial charge in [0.05, 0.1) is 19.8 Å². The second kappa shape index (κ2) is 7.06. The molecule has 1 aromatic rings. The topological polar surface area (TPSA) is 65.8 Å². The Kier molecular flexibility index (Phi) is 5.10. The van der Waals surface area contributed by atoms with E-state index < -0.39 is 5.60 Å². The van der Waals surface area contributed by atoms with E-state index >= 15 is 0 Å². The molecule has 0 spiro atoms. The van der Waals surface area contributed by atoms with Crippen molar-refractivity contribution in [3.05, 3.63) is 18.2 Å². The monoisotopic (exact) mass is 309 g/mol. The molecule has 2 N–H and O–H groups in total. The number of ether oxygens (including phenoxy) is 1. The van der Waals surface area contributed by atoms with Crippen molar-refractivity contribution < 1.29 is 9.84 Å². The van der Waals surface area contributed by atoms with Gasteiger partial charge in [-0.15, -0.1) is 0 Å². The summed E-state index contributed by atoms with van der Waals surface area (Å²) in [6, 6.07) is 0. The van der Waals surface area contributed by atoms with Crippen LogP contribution >= 0.6 is 0 Å². The minimum absolute atomic E-state index is 0.424. The molecule has 7 heteroatoms. The van der Waals surface area contributed by atoms with Crippen LogP contribution in [0, 0.1) is 0 Å². The number of imidazole rings is 1. The molecule has 2 aliphatic heterocycles. The van der Waals surface area contributed by atoms with E-state index in [2.05, 4.69) is 24.7 Å². The molecule has 1 atom stereocenters. The quantitative estimate of drug-likeness (QED) is 0.735. The maximum atomic E-state index is 10.7. The summed E-state index contributed by atoms with van der Waals surface area (Å²) in [5.74, 6) is 1.11. The largest absolute Gasteiger partial charge is 0.385 e. The summed E-state index contributed by atoms with van der Waals surface area (Å²) in [6.07, 6.45) is 3.83. The van der Waals surface area contributed by atoms with Crippen molar-refractivity contribution in [1.29, 1.82) is 0 Å². The fourth-order valence-electron chi connectivity index (χ4n) is 3.15. The maximum absolute atomic E-state index is 10.7. The Morgan fingerprint density at radius 1 is 1.32 bits per heavy atom. The highest BCUT2D eigenvalue weighted by molar-refractivity contribution is 4.93. The van der Waals surface area contributed by atoms with E-state index in [-0.39, 0.29) is 0 Å². The van der Waals surface area contributed by atoms with Crippen LogP contribution < -0.4 is 5.32 Å². The van der Waals surface area contributed by atoms with Gasteiger partial charge in [0.25, 0.3) is 0 Å². The van der Waals surface area contributed by atoms with Crippen LogP contribution in [0.3, 0.4) is 0 Å². The highest BCUT2D eigenvalue weighted by atomic mass is 16.5. The Bertz CT molecular complexity index is 462. The molecule has 0 radical (unpaired) electrons. The van der Waals surface area contributed by atoms with Gasteiger partial charge in [-0.05, 0) is 0 Å². The van der Waals surface area contributed by atoms with Crippen molar-refractivity contribution in [2.45, 2.75) is 12.1 Å². The first-order valence-electron chi connectivity index (χ1n) is 8.06. The van der Waals surface area contributed by atoms with Crippen LogP contribution in [-0.4, -0.2) is 89.1 Å². The first kappa shape index (κ1) is 15.9. The third-order valence-electron chi connectivity index (χ3n) is 4.52. The molecule has 22 heavy (non-hydrogen) atoms. The van der Waals surface area contributed by atoms with Gasteiger partial charge in [-0.25, -0.2) is 4.98 Å². The lowest BCUT2D eigenvalue weighted by molar-refractivity contribution is -0.0555. The lowest BCUT2D eigenvalue weighted by Gasteiger charge is -2.38. The van der Waals surface area contributed by atoms with Crippen LogP contribution in [0.15, 0.2) is 12.4 Å². The standard InChI is InChI=1S/C15H27N5O2/c1-18-4-2-17-14(18)10-19-5-7-20(8-6-19)12-15(21)11-16-3-9-22-13-15/h2,4,16,21H,3,5-13H2,1H3/t15-/m1/s1. The fraction of sp³-hybridized carbons (Fsp3) is 0.800. The Morgan fingerprint density at radius 3 is 2.82 bits per heavy atom. The molecule has 2 aliphatic rings. The summed E-state index contributed by atoms with van der Waals surface area (Å²) in [6.45, 7) is 8.09. The summed E-state index contributed by atoms with van der Waals surface area (Å²) in [5.41, 5.74) is -0.766. The van der Waals surface area contributed by atoms with E-state index in [4.69, 9.17) is 4.74 Å². The van der Waals surface area contributed by atoms with Crippen LogP contribution in [-0.2, 0) is 18.3 Å². The molecule has 3 rings (SSSR count). The van der Waals surface area contributed by atoms with Crippen LogP contribution in [0.25, 0.3) is 0 Å². The third-order valence-corrected chi connectivity index (χ3v) is 4.52. The summed E-state index contributed by atoms with van der Waals surface area (Å²) in [7, 11) is 2.03. The molecular weight excluding hydrogens is 282 g/mol. The van der Waals surface area contributed by atoms with E-state index in [9.17, 15) is 5.11 Å². The molecule has 3 heterocycles. The van der Waals surface area contributed by atoms with Gasteiger partial charge in [0.1, 0.15) is 11.4 Å². The van der Waals surface area contributed by atoms with Crippen LogP contribution in [0.1, 0.15) is 5.82 Å². The molecule has 2 fully saturated rings. The number of hydrogen-bond acceptors (Lipinski definition) is 6. The van der Waals surface area contributed by atoms with Gasteiger partial charge in [0, 0.05) is 65.3 Å². The van der Waals surface area contributed by atoms with Crippen LogP contribution in [0.5, 0.6) is 0 Å². The molecule has 0 saturated carbocycles. The molecule has 0 aliphatic carbocycles. The highest BCUT2D eigenvalue weighted by Gasteiger charge is 2.32. The summed E-state index contributed by atoms with van der Waals surface area (Å²) in [4.78, 5) is 9.15. The minimum Gasteiger partial charge on any atom is -0.385 e. The zero-order valence-electron chi connectivity index (χ0n) is 13.4. The molecule has 1 aromatic heterocycles. The fourth-order valence-corrected chi connectivity index (χ4v) is 3.15. The van der Waals surface area contributed by atoms with E-state index in [1.54, 1.807) is 0 Å². The molecule has 0 aromatic carbocycles. The molecule has 7 nitrogen and oxygen atoms in total. The minimum atomic E-state index is -0.766. The van der Waals surface area contributed by atoms with Gasteiger partial charge < -0.3 is 19.7 Å². The van der Waals surface area contributed by atoms with E-state index in [0.717, 1.165) is 45.1 Å². The van der Waals surface area contributed by atoms with Crippen molar-refractivity contribution in [2.24, 2.45) is 7.05 Å². The van der Waals surface area contributed by atoms with Gasteiger partial charge >= 0.3 is 0 Å². The second-order valence-corrected chi connectivity index (χ2v) is 6.46. The summed E-state index contributed by atoms with van der Waals surface area (Å²) in [5, 5.41) is 13.9. The van der Waals surface area contributed by atoms with Crippen molar-refractivity contribution in [2.75, 3.05) is 59.0 Å². The Morgan fingerprint density at radius 2 is 2.09 bits per heavy atom. The first-order valence-corrected chi connectivity index (χ1v) is 8.06. The first-order chi connectivity index (χ1) is 10.6. The van der Waals surface area contributed by atoms with Gasteiger partial charge in [-0.3, -0.25) is 9.80 Å². The molecule has 2 saturated heterocycles. The molecular formula is C15H27N5O2. The SMILES string of the molecule is Cn1ccnc1CN1CCN(C[C@]2(O)CNCCOC2)CC1. The average molecular weight is 309 g/mol. The number of aryl methyl sites for hydroxylation is 1. The number of aliphatic hydroxyl groups is 1. The van der Waals surface area contributed by atoms with E-state index in [0.29, 0.717) is 26.3 Å². The highest BCUT2D eigenvalue weighted by Crippen LogP contribution is 2.13. The number of β-amino-alcohol motifs (C(OH)–C–C–N with tert-alkyl or cyclic N) is 1. The number of nitrogens with zero attached hydrogens (tertiary/aromatic N) is 4. The van der Waals surface area contributed by atoms with Crippen molar-refractivity contribution in [3.63, 3.8) is 0 Å². The van der Waals surface area contributed by atoms with Gasteiger partial charge in [0.15, 0.2) is 0 Å². The number of hydrogen-bond donors (Lipinski definition) is 2. The van der Waals surface area contributed by atoms with Gasteiger partial charge in [-0.2, -0.15) is 0 Å².